The number of ether oxygens (including phenoxy) is 1. The lowest BCUT2D eigenvalue weighted by molar-refractivity contribution is -0.909. The Labute approximate surface area is 131 Å². The van der Waals surface area contributed by atoms with Crippen LogP contribution in [-0.4, -0.2) is 55.1 Å². The summed E-state index contributed by atoms with van der Waals surface area (Å²) in [5.41, 5.74) is 0.423. The Balaban J connectivity index is 1.87. The van der Waals surface area contributed by atoms with Gasteiger partial charge in [-0.1, -0.05) is 20.8 Å². The highest BCUT2D eigenvalue weighted by molar-refractivity contribution is 5.06. The molecule has 0 unspecified atom stereocenters. The van der Waals surface area contributed by atoms with E-state index >= 15 is 0 Å². The molecule has 2 rings (SSSR count). The van der Waals surface area contributed by atoms with E-state index < -0.39 is 0 Å². The molecule has 0 spiro atoms. The van der Waals surface area contributed by atoms with Gasteiger partial charge in [0.05, 0.1) is 32.8 Å². The van der Waals surface area contributed by atoms with Gasteiger partial charge in [-0.05, 0) is 49.9 Å². The Morgan fingerprint density at radius 2 is 1.76 bits per heavy atom. The molecule has 0 amide bonds. The third-order valence-corrected chi connectivity index (χ3v) is 6.91. The molecule has 0 aliphatic heterocycles. The first-order valence-electron chi connectivity index (χ1n) is 8.88. The van der Waals surface area contributed by atoms with Crippen molar-refractivity contribution in [2.45, 2.75) is 59.7 Å². The molecule has 124 valence electrons. The van der Waals surface area contributed by atoms with Crippen LogP contribution in [0.4, 0.5) is 0 Å². The first-order chi connectivity index (χ1) is 9.75. The standard InChI is InChI=1S/C18H36NO2/c1-7-19(6,8-2)11-14(20)12-21-17-13(3)15-9-10-16(17)18(15,4)5/h13-17,20H,7-12H2,1-6H3/q+1/t13-,14-,15-,16-,17-/m0/s1. The minimum Gasteiger partial charge on any atom is -0.385 e. The van der Waals surface area contributed by atoms with Crippen LogP contribution in [0.5, 0.6) is 0 Å². The fourth-order valence-electron chi connectivity index (χ4n) is 5.04. The van der Waals surface area contributed by atoms with E-state index in [4.69, 9.17) is 4.74 Å². The quantitative estimate of drug-likeness (QED) is 0.732. The normalized spacial score (nSPS) is 36.1. The van der Waals surface area contributed by atoms with Crippen molar-refractivity contribution in [2.75, 3.05) is 33.3 Å². The number of fused-ring (bicyclic) bond motifs is 2. The number of aliphatic hydroxyl groups excluding tert-OH is 1. The van der Waals surface area contributed by atoms with Gasteiger partial charge in [-0.15, -0.1) is 0 Å². The Kier molecular flexibility index (Phi) is 5.07. The van der Waals surface area contributed by atoms with Crippen LogP contribution >= 0.6 is 0 Å². The second-order valence-corrected chi connectivity index (χ2v) is 8.36. The molecule has 0 aromatic heterocycles. The summed E-state index contributed by atoms with van der Waals surface area (Å²) >= 11 is 0. The minimum atomic E-state index is -0.343. The maximum absolute atomic E-state index is 10.4. The Morgan fingerprint density at radius 1 is 1.19 bits per heavy atom. The summed E-state index contributed by atoms with van der Waals surface area (Å²) < 4.78 is 7.14. The molecule has 2 aliphatic carbocycles. The molecule has 0 heterocycles. The van der Waals surface area contributed by atoms with E-state index in [1.54, 1.807) is 0 Å². The van der Waals surface area contributed by atoms with Crippen LogP contribution in [0.2, 0.25) is 0 Å². The van der Waals surface area contributed by atoms with Gasteiger partial charge >= 0.3 is 0 Å². The predicted molar refractivity (Wildman–Crippen MR) is 87.0 cm³/mol. The summed E-state index contributed by atoms with van der Waals surface area (Å²) in [7, 11) is 2.21. The van der Waals surface area contributed by atoms with Gasteiger partial charge in [-0.3, -0.25) is 0 Å². The molecule has 0 saturated heterocycles. The number of hydrogen-bond donors (Lipinski definition) is 1. The summed E-state index contributed by atoms with van der Waals surface area (Å²) in [6.45, 7) is 15.0. The number of quaternary nitrogens is 1. The molecule has 1 N–H and O–H groups in total. The average molecular weight is 298 g/mol. The molecule has 2 saturated carbocycles. The summed E-state index contributed by atoms with van der Waals surface area (Å²) in [4.78, 5) is 0. The highest BCUT2D eigenvalue weighted by atomic mass is 16.5. The Bertz CT molecular complexity index is 351. The van der Waals surface area contributed by atoms with Gasteiger partial charge in [0, 0.05) is 0 Å². The molecule has 2 bridgehead atoms. The van der Waals surface area contributed by atoms with Gasteiger partial charge in [0.15, 0.2) is 0 Å². The van der Waals surface area contributed by atoms with Crippen molar-refractivity contribution < 1.29 is 14.3 Å². The summed E-state index contributed by atoms with van der Waals surface area (Å²) in [5.74, 6) is 2.13. The molecule has 21 heavy (non-hydrogen) atoms. The van der Waals surface area contributed by atoms with E-state index in [9.17, 15) is 5.11 Å². The minimum absolute atomic E-state index is 0.343. The molecule has 2 aliphatic rings. The molecular formula is C18H36NO2+. The maximum atomic E-state index is 10.4. The molecule has 3 nitrogen and oxygen atoms in total. The second-order valence-electron chi connectivity index (χ2n) is 8.36. The zero-order valence-corrected chi connectivity index (χ0v) is 14.9. The predicted octanol–water partition coefficient (Wildman–Crippen LogP) is 2.92. The number of aliphatic hydroxyl groups is 1. The molecule has 0 aromatic carbocycles. The SMILES string of the molecule is CC[N+](C)(CC)C[C@H](O)CO[C@H]1[C@@H](C)[C@@H]2CC[C@@H]1C2(C)C. The van der Waals surface area contributed by atoms with E-state index in [0.717, 1.165) is 30.0 Å². The smallest absolute Gasteiger partial charge is 0.126 e. The highest BCUT2D eigenvalue weighted by Gasteiger charge is 2.57. The van der Waals surface area contributed by atoms with E-state index in [1.807, 2.05) is 0 Å². The first-order valence-corrected chi connectivity index (χ1v) is 8.88. The van der Waals surface area contributed by atoms with E-state index in [1.165, 1.54) is 12.8 Å². The van der Waals surface area contributed by atoms with Crippen LogP contribution in [0, 0.1) is 23.2 Å². The van der Waals surface area contributed by atoms with Crippen molar-refractivity contribution >= 4 is 0 Å². The van der Waals surface area contributed by atoms with Crippen molar-refractivity contribution in [2.24, 2.45) is 23.2 Å². The van der Waals surface area contributed by atoms with E-state index in [0.29, 0.717) is 30.0 Å². The van der Waals surface area contributed by atoms with Crippen molar-refractivity contribution in [1.82, 2.24) is 0 Å². The van der Waals surface area contributed by atoms with Crippen LogP contribution in [0.15, 0.2) is 0 Å². The largest absolute Gasteiger partial charge is 0.385 e. The van der Waals surface area contributed by atoms with Crippen LogP contribution < -0.4 is 0 Å². The van der Waals surface area contributed by atoms with E-state index in [-0.39, 0.29) is 6.10 Å². The molecular weight excluding hydrogens is 262 g/mol. The summed E-state index contributed by atoms with van der Waals surface area (Å²) in [6, 6.07) is 0. The monoisotopic (exact) mass is 298 g/mol. The topological polar surface area (TPSA) is 29.5 Å². The zero-order valence-electron chi connectivity index (χ0n) is 14.9. The lowest BCUT2D eigenvalue weighted by atomic mass is 9.80. The number of hydrogen-bond acceptors (Lipinski definition) is 2. The van der Waals surface area contributed by atoms with E-state index in [2.05, 4.69) is 41.7 Å². The van der Waals surface area contributed by atoms with Crippen molar-refractivity contribution in [3.8, 4) is 0 Å². The average Bonchev–Trinajstić information content (AvgIpc) is 2.83. The third kappa shape index (κ3) is 3.16. The summed E-state index contributed by atoms with van der Waals surface area (Å²) in [5, 5.41) is 10.4. The van der Waals surface area contributed by atoms with Gasteiger partial charge < -0.3 is 14.3 Å². The highest BCUT2D eigenvalue weighted by Crippen LogP contribution is 2.60. The van der Waals surface area contributed by atoms with Crippen LogP contribution in [0.1, 0.15) is 47.5 Å². The number of likely N-dealkylation sites (N-methyl/N-ethyl adjacent to an activating group) is 1. The summed E-state index contributed by atoms with van der Waals surface area (Å²) in [6.07, 6.45) is 2.68. The van der Waals surface area contributed by atoms with Crippen LogP contribution in [-0.2, 0) is 4.74 Å². The second kappa shape index (κ2) is 6.17. The van der Waals surface area contributed by atoms with Gasteiger partial charge in [-0.2, -0.15) is 0 Å². The lowest BCUT2D eigenvalue weighted by Gasteiger charge is -2.35. The first kappa shape index (κ1) is 17.2. The fourth-order valence-corrected chi connectivity index (χ4v) is 5.04. The third-order valence-electron chi connectivity index (χ3n) is 6.91. The van der Waals surface area contributed by atoms with Crippen molar-refractivity contribution in [3.05, 3.63) is 0 Å². The van der Waals surface area contributed by atoms with Crippen LogP contribution in [0.3, 0.4) is 0 Å². The molecule has 3 heteroatoms. The molecule has 5 atom stereocenters. The maximum Gasteiger partial charge on any atom is 0.126 e. The zero-order chi connectivity index (χ0) is 15.8. The lowest BCUT2D eigenvalue weighted by Crippen LogP contribution is -2.50. The number of rotatable bonds is 7. The Morgan fingerprint density at radius 3 is 2.24 bits per heavy atom. The van der Waals surface area contributed by atoms with Gasteiger partial charge in [0.25, 0.3) is 0 Å². The van der Waals surface area contributed by atoms with Gasteiger partial charge in [-0.25, -0.2) is 0 Å². The fraction of sp³-hybridized carbons (Fsp3) is 1.00. The van der Waals surface area contributed by atoms with Crippen LogP contribution in [0.25, 0.3) is 0 Å². The van der Waals surface area contributed by atoms with Crippen molar-refractivity contribution in [1.29, 1.82) is 0 Å². The van der Waals surface area contributed by atoms with Crippen molar-refractivity contribution in [3.63, 3.8) is 0 Å². The molecule has 0 aromatic rings. The van der Waals surface area contributed by atoms with Gasteiger partial charge in [0.2, 0.25) is 0 Å². The Hall–Kier alpha value is -0.120. The molecule has 2 fully saturated rings. The van der Waals surface area contributed by atoms with Gasteiger partial charge in [0.1, 0.15) is 12.6 Å². The number of nitrogens with zero attached hydrogens (tertiary/aromatic N) is 1. The molecule has 0 radical (unpaired) electrons.